The van der Waals surface area contributed by atoms with Gasteiger partial charge in [0.2, 0.25) is 5.91 Å². The molecule has 0 heterocycles. The largest absolute Gasteiger partial charge is 0.326 e. The van der Waals surface area contributed by atoms with E-state index in [2.05, 4.69) is 21.2 Å². The molecule has 0 fully saturated rings. The molecule has 82 valence electrons. The molecule has 4 heteroatoms. The number of hydrogen-bond acceptors (Lipinski definition) is 1. The Bertz CT molecular complexity index is 366. The van der Waals surface area contributed by atoms with Crippen LogP contribution in [0.25, 0.3) is 0 Å². The van der Waals surface area contributed by atoms with Gasteiger partial charge in [-0.15, -0.1) is 0 Å². The van der Waals surface area contributed by atoms with E-state index in [1.54, 1.807) is 12.1 Å². The van der Waals surface area contributed by atoms with Crippen LogP contribution >= 0.6 is 15.9 Å². The molecule has 0 aliphatic heterocycles. The summed E-state index contributed by atoms with van der Waals surface area (Å²) >= 11 is 3.05. The van der Waals surface area contributed by atoms with Crippen LogP contribution in [0.4, 0.5) is 10.1 Å². The SMILES string of the molecule is CC(C)CC(=O)Nc1ccc(Br)c(F)c1. The van der Waals surface area contributed by atoms with Crippen LogP contribution in [0.5, 0.6) is 0 Å². The Labute approximate surface area is 97.0 Å². The van der Waals surface area contributed by atoms with Crippen molar-refractivity contribution in [1.29, 1.82) is 0 Å². The van der Waals surface area contributed by atoms with Crippen molar-refractivity contribution in [2.24, 2.45) is 5.92 Å². The Kier molecular flexibility index (Phi) is 4.27. The van der Waals surface area contributed by atoms with Gasteiger partial charge in [0, 0.05) is 12.1 Å². The molecule has 15 heavy (non-hydrogen) atoms. The Morgan fingerprint density at radius 2 is 2.20 bits per heavy atom. The molecule has 1 rings (SSSR count). The van der Waals surface area contributed by atoms with Crippen molar-refractivity contribution in [3.63, 3.8) is 0 Å². The van der Waals surface area contributed by atoms with Crippen LogP contribution in [-0.4, -0.2) is 5.91 Å². The minimum Gasteiger partial charge on any atom is -0.326 e. The van der Waals surface area contributed by atoms with Crippen molar-refractivity contribution in [3.05, 3.63) is 28.5 Å². The lowest BCUT2D eigenvalue weighted by Gasteiger charge is -2.07. The number of nitrogens with one attached hydrogen (secondary N) is 1. The highest BCUT2D eigenvalue weighted by atomic mass is 79.9. The summed E-state index contributed by atoms with van der Waals surface area (Å²) in [7, 11) is 0. The monoisotopic (exact) mass is 273 g/mol. The lowest BCUT2D eigenvalue weighted by molar-refractivity contribution is -0.116. The smallest absolute Gasteiger partial charge is 0.224 e. The molecule has 0 bridgehead atoms. The maximum atomic E-state index is 13.1. The molecule has 0 radical (unpaired) electrons. The van der Waals surface area contributed by atoms with Crippen LogP contribution in [-0.2, 0) is 4.79 Å². The number of benzene rings is 1. The van der Waals surface area contributed by atoms with E-state index in [4.69, 9.17) is 0 Å². The average molecular weight is 274 g/mol. The maximum absolute atomic E-state index is 13.1. The molecule has 0 spiro atoms. The molecule has 0 unspecified atom stereocenters. The Morgan fingerprint density at radius 3 is 2.73 bits per heavy atom. The first-order chi connectivity index (χ1) is 6.99. The van der Waals surface area contributed by atoms with Crippen LogP contribution < -0.4 is 5.32 Å². The number of halogens is 2. The van der Waals surface area contributed by atoms with E-state index in [9.17, 15) is 9.18 Å². The quantitative estimate of drug-likeness (QED) is 0.896. The van der Waals surface area contributed by atoms with Crippen molar-refractivity contribution in [2.45, 2.75) is 20.3 Å². The summed E-state index contributed by atoms with van der Waals surface area (Å²) in [6.45, 7) is 3.92. The third kappa shape index (κ3) is 4.00. The fraction of sp³-hybridized carbons (Fsp3) is 0.364. The molecular formula is C11H13BrFNO. The van der Waals surface area contributed by atoms with E-state index in [-0.39, 0.29) is 11.7 Å². The summed E-state index contributed by atoms with van der Waals surface area (Å²) in [4.78, 5) is 11.4. The van der Waals surface area contributed by atoms with Crippen molar-refractivity contribution < 1.29 is 9.18 Å². The molecular weight excluding hydrogens is 261 g/mol. The third-order valence-corrected chi connectivity index (χ3v) is 2.44. The molecule has 1 aromatic carbocycles. The molecule has 0 aliphatic carbocycles. The van der Waals surface area contributed by atoms with Gasteiger partial charge in [-0.2, -0.15) is 0 Å². The second kappa shape index (κ2) is 5.26. The zero-order chi connectivity index (χ0) is 11.4. The number of carbonyl (C=O) groups excluding carboxylic acids is 1. The van der Waals surface area contributed by atoms with Gasteiger partial charge in [-0.3, -0.25) is 4.79 Å². The first kappa shape index (κ1) is 12.2. The molecule has 1 aromatic rings. The van der Waals surface area contributed by atoms with Gasteiger partial charge in [-0.1, -0.05) is 13.8 Å². The number of carbonyl (C=O) groups is 1. The molecule has 0 atom stereocenters. The van der Waals surface area contributed by atoms with Gasteiger partial charge in [-0.25, -0.2) is 4.39 Å². The second-order valence-electron chi connectivity index (χ2n) is 3.78. The Morgan fingerprint density at radius 1 is 1.53 bits per heavy atom. The second-order valence-corrected chi connectivity index (χ2v) is 4.63. The maximum Gasteiger partial charge on any atom is 0.224 e. The topological polar surface area (TPSA) is 29.1 Å². The van der Waals surface area contributed by atoms with Gasteiger partial charge >= 0.3 is 0 Å². The van der Waals surface area contributed by atoms with Gasteiger partial charge in [0.05, 0.1) is 4.47 Å². The average Bonchev–Trinajstić information content (AvgIpc) is 2.10. The predicted molar refractivity (Wildman–Crippen MR) is 62.2 cm³/mol. The zero-order valence-electron chi connectivity index (χ0n) is 8.68. The van der Waals surface area contributed by atoms with E-state index in [1.807, 2.05) is 13.8 Å². The van der Waals surface area contributed by atoms with Gasteiger partial charge in [-0.05, 0) is 40.0 Å². The fourth-order valence-corrected chi connectivity index (χ4v) is 1.40. The highest BCUT2D eigenvalue weighted by molar-refractivity contribution is 9.10. The minimum absolute atomic E-state index is 0.0910. The van der Waals surface area contributed by atoms with Crippen molar-refractivity contribution >= 4 is 27.5 Å². The van der Waals surface area contributed by atoms with Gasteiger partial charge in [0.1, 0.15) is 5.82 Å². The summed E-state index contributed by atoms with van der Waals surface area (Å²) in [5.41, 5.74) is 0.487. The molecule has 2 nitrogen and oxygen atoms in total. The number of anilines is 1. The summed E-state index contributed by atoms with van der Waals surface area (Å²) in [6.07, 6.45) is 0.442. The van der Waals surface area contributed by atoms with Crippen LogP contribution in [0, 0.1) is 11.7 Å². The standard InChI is InChI=1S/C11H13BrFNO/c1-7(2)5-11(15)14-8-3-4-9(12)10(13)6-8/h3-4,6-7H,5H2,1-2H3,(H,14,15). The zero-order valence-corrected chi connectivity index (χ0v) is 10.3. The number of rotatable bonds is 3. The van der Waals surface area contributed by atoms with Crippen molar-refractivity contribution in [2.75, 3.05) is 5.32 Å². The summed E-state index contributed by atoms with van der Waals surface area (Å²) in [5, 5.41) is 2.64. The van der Waals surface area contributed by atoms with Gasteiger partial charge in [0.15, 0.2) is 0 Å². The molecule has 1 N–H and O–H groups in total. The third-order valence-electron chi connectivity index (χ3n) is 1.80. The highest BCUT2D eigenvalue weighted by Gasteiger charge is 2.06. The lowest BCUT2D eigenvalue weighted by Crippen LogP contribution is -2.13. The van der Waals surface area contributed by atoms with Crippen LogP contribution in [0.1, 0.15) is 20.3 Å². The predicted octanol–water partition coefficient (Wildman–Crippen LogP) is 3.57. The summed E-state index contributed by atoms with van der Waals surface area (Å²) in [6, 6.07) is 4.52. The molecule has 0 saturated heterocycles. The van der Waals surface area contributed by atoms with Crippen LogP contribution in [0.2, 0.25) is 0 Å². The number of amides is 1. The van der Waals surface area contributed by atoms with E-state index >= 15 is 0 Å². The van der Waals surface area contributed by atoms with E-state index < -0.39 is 0 Å². The molecule has 0 saturated carbocycles. The molecule has 0 aliphatic rings. The Hall–Kier alpha value is -0.900. The lowest BCUT2D eigenvalue weighted by atomic mass is 10.1. The van der Waals surface area contributed by atoms with Gasteiger partial charge < -0.3 is 5.32 Å². The van der Waals surface area contributed by atoms with E-state index in [1.165, 1.54) is 6.07 Å². The normalized spacial score (nSPS) is 10.5. The minimum atomic E-state index is -0.377. The summed E-state index contributed by atoms with van der Waals surface area (Å²) < 4.78 is 13.5. The number of hydrogen-bond donors (Lipinski definition) is 1. The first-order valence-electron chi connectivity index (χ1n) is 4.74. The summed E-state index contributed by atoms with van der Waals surface area (Å²) in [5.74, 6) is -0.172. The Balaban J connectivity index is 2.65. The molecule has 0 aromatic heterocycles. The fourth-order valence-electron chi connectivity index (χ4n) is 1.16. The first-order valence-corrected chi connectivity index (χ1v) is 5.53. The van der Waals surface area contributed by atoms with Crippen molar-refractivity contribution in [1.82, 2.24) is 0 Å². The molecule has 1 amide bonds. The van der Waals surface area contributed by atoms with Crippen molar-refractivity contribution in [3.8, 4) is 0 Å². The van der Waals surface area contributed by atoms with E-state index in [0.29, 0.717) is 22.5 Å². The van der Waals surface area contributed by atoms with Crippen LogP contribution in [0.3, 0.4) is 0 Å². The van der Waals surface area contributed by atoms with E-state index in [0.717, 1.165) is 0 Å². The van der Waals surface area contributed by atoms with Crippen LogP contribution in [0.15, 0.2) is 22.7 Å². The van der Waals surface area contributed by atoms with Gasteiger partial charge in [0.25, 0.3) is 0 Å². The highest BCUT2D eigenvalue weighted by Crippen LogP contribution is 2.19.